The fourth-order valence-electron chi connectivity index (χ4n) is 3.36. The SMILES string of the molecule is CC(=O)OC[C@@H]1OC(CC=O)[C@H](OCc2ccccc2)[C@H]1OCc1ccccc1. The van der Waals surface area contributed by atoms with E-state index in [1.165, 1.54) is 6.92 Å². The summed E-state index contributed by atoms with van der Waals surface area (Å²) < 4.78 is 23.5. The van der Waals surface area contributed by atoms with Crippen LogP contribution in [0.15, 0.2) is 60.7 Å². The second-order valence-corrected chi connectivity index (χ2v) is 6.94. The average molecular weight is 398 g/mol. The van der Waals surface area contributed by atoms with Crippen LogP contribution < -0.4 is 0 Å². The van der Waals surface area contributed by atoms with E-state index in [-0.39, 0.29) is 13.0 Å². The lowest BCUT2D eigenvalue weighted by Crippen LogP contribution is -2.39. The van der Waals surface area contributed by atoms with Crippen LogP contribution >= 0.6 is 0 Å². The summed E-state index contributed by atoms with van der Waals surface area (Å²) >= 11 is 0. The lowest BCUT2D eigenvalue weighted by atomic mass is 10.1. The van der Waals surface area contributed by atoms with E-state index in [9.17, 15) is 9.59 Å². The highest BCUT2D eigenvalue weighted by atomic mass is 16.6. The molecular weight excluding hydrogens is 372 g/mol. The van der Waals surface area contributed by atoms with Gasteiger partial charge in [-0.3, -0.25) is 4.79 Å². The Morgan fingerprint density at radius 3 is 1.90 bits per heavy atom. The molecule has 1 heterocycles. The van der Waals surface area contributed by atoms with Crippen LogP contribution in [0.2, 0.25) is 0 Å². The van der Waals surface area contributed by atoms with Gasteiger partial charge in [0.05, 0.1) is 19.3 Å². The Morgan fingerprint density at radius 2 is 1.41 bits per heavy atom. The van der Waals surface area contributed by atoms with Gasteiger partial charge in [0, 0.05) is 13.3 Å². The molecule has 1 fully saturated rings. The largest absolute Gasteiger partial charge is 0.463 e. The maximum absolute atomic E-state index is 11.3. The summed E-state index contributed by atoms with van der Waals surface area (Å²) in [6.07, 6.45) is -0.897. The van der Waals surface area contributed by atoms with Crippen LogP contribution in [0, 0.1) is 0 Å². The minimum absolute atomic E-state index is 0.0509. The minimum atomic E-state index is -0.506. The van der Waals surface area contributed by atoms with Gasteiger partial charge in [0.25, 0.3) is 0 Å². The summed E-state index contributed by atoms with van der Waals surface area (Å²) in [5.41, 5.74) is 2.03. The molecule has 0 amide bonds. The van der Waals surface area contributed by atoms with Crippen LogP contribution in [0.3, 0.4) is 0 Å². The van der Waals surface area contributed by atoms with Gasteiger partial charge in [0.15, 0.2) is 0 Å². The highest BCUT2D eigenvalue weighted by molar-refractivity contribution is 5.65. The Hall–Kier alpha value is -2.54. The van der Waals surface area contributed by atoms with Crippen molar-refractivity contribution in [3.8, 4) is 0 Å². The molecule has 4 atom stereocenters. The number of hydrogen-bond donors (Lipinski definition) is 0. The molecule has 1 aliphatic heterocycles. The summed E-state index contributed by atoms with van der Waals surface area (Å²) in [6, 6.07) is 19.5. The molecule has 6 heteroatoms. The fraction of sp³-hybridized carbons (Fsp3) is 0.391. The predicted molar refractivity (Wildman–Crippen MR) is 106 cm³/mol. The summed E-state index contributed by atoms with van der Waals surface area (Å²) in [7, 11) is 0. The van der Waals surface area contributed by atoms with Crippen molar-refractivity contribution in [3.05, 3.63) is 71.8 Å². The van der Waals surface area contributed by atoms with Gasteiger partial charge in [0.1, 0.15) is 31.2 Å². The van der Waals surface area contributed by atoms with Crippen molar-refractivity contribution in [2.45, 2.75) is 51.0 Å². The molecule has 154 valence electrons. The van der Waals surface area contributed by atoms with Crippen molar-refractivity contribution < 1.29 is 28.5 Å². The van der Waals surface area contributed by atoms with Crippen LogP contribution in [0.4, 0.5) is 0 Å². The first-order valence-electron chi connectivity index (χ1n) is 9.71. The van der Waals surface area contributed by atoms with Gasteiger partial charge in [0.2, 0.25) is 0 Å². The second-order valence-electron chi connectivity index (χ2n) is 6.94. The molecule has 1 unspecified atom stereocenters. The van der Waals surface area contributed by atoms with Crippen LogP contribution in [0.5, 0.6) is 0 Å². The first kappa shape index (κ1) is 21.2. The first-order valence-corrected chi connectivity index (χ1v) is 9.71. The lowest BCUT2D eigenvalue weighted by Gasteiger charge is -2.24. The van der Waals surface area contributed by atoms with Crippen molar-refractivity contribution in [2.75, 3.05) is 6.61 Å². The Bertz CT molecular complexity index is 763. The monoisotopic (exact) mass is 398 g/mol. The minimum Gasteiger partial charge on any atom is -0.463 e. The summed E-state index contributed by atoms with van der Waals surface area (Å²) in [5, 5.41) is 0. The van der Waals surface area contributed by atoms with E-state index >= 15 is 0 Å². The van der Waals surface area contributed by atoms with Crippen LogP contribution in [0.1, 0.15) is 24.5 Å². The third-order valence-electron chi connectivity index (χ3n) is 4.76. The topological polar surface area (TPSA) is 71.1 Å². The number of carbonyl (C=O) groups excluding carboxylic acids is 2. The quantitative estimate of drug-likeness (QED) is 0.452. The molecule has 1 aliphatic rings. The molecule has 1 saturated heterocycles. The molecule has 0 bridgehead atoms. The van der Waals surface area contributed by atoms with Gasteiger partial charge in [-0.1, -0.05) is 60.7 Å². The molecule has 0 aliphatic carbocycles. The zero-order valence-corrected chi connectivity index (χ0v) is 16.4. The van der Waals surface area contributed by atoms with Crippen LogP contribution in [-0.2, 0) is 41.8 Å². The smallest absolute Gasteiger partial charge is 0.302 e. The number of benzene rings is 2. The average Bonchev–Trinajstić information content (AvgIpc) is 3.07. The second kappa shape index (κ2) is 10.9. The van der Waals surface area contributed by atoms with Crippen LogP contribution in [-0.4, -0.2) is 43.3 Å². The Balaban J connectivity index is 1.73. The van der Waals surface area contributed by atoms with Gasteiger partial charge >= 0.3 is 5.97 Å². The molecule has 29 heavy (non-hydrogen) atoms. The number of ether oxygens (including phenoxy) is 4. The van der Waals surface area contributed by atoms with E-state index in [0.717, 1.165) is 17.4 Å². The highest BCUT2D eigenvalue weighted by Gasteiger charge is 2.46. The highest BCUT2D eigenvalue weighted by Crippen LogP contribution is 2.30. The number of carbonyl (C=O) groups is 2. The zero-order chi connectivity index (χ0) is 20.5. The standard InChI is InChI=1S/C23H26O6/c1-17(25)26-16-21-23(28-15-19-10-6-3-7-11-19)22(20(29-21)12-13-24)27-14-18-8-4-2-5-9-18/h2-11,13,20-23H,12,14-16H2,1H3/t20?,21-,22-,23-/m0/s1. The number of aldehydes is 1. The van der Waals surface area contributed by atoms with Crippen molar-refractivity contribution in [1.29, 1.82) is 0 Å². The van der Waals surface area contributed by atoms with E-state index in [2.05, 4.69) is 0 Å². The van der Waals surface area contributed by atoms with Gasteiger partial charge in [-0.25, -0.2) is 0 Å². The molecule has 0 aromatic heterocycles. The number of esters is 1. The molecular formula is C23H26O6. The van der Waals surface area contributed by atoms with E-state index in [1.54, 1.807) is 0 Å². The van der Waals surface area contributed by atoms with E-state index in [1.807, 2.05) is 60.7 Å². The molecule has 0 N–H and O–H groups in total. The third kappa shape index (κ3) is 6.22. The summed E-state index contributed by atoms with van der Waals surface area (Å²) in [6.45, 7) is 2.14. The van der Waals surface area contributed by atoms with Crippen molar-refractivity contribution in [3.63, 3.8) is 0 Å². The lowest BCUT2D eigenvalue weighted by molar-refractivity contribution is -0.148. The van der Waals surface area contributed by atoms with Gasteiger partial charge in [-0.05, 0) is 11.1 Å². The van der Waals surface area contributed by atoms with E-state index < -0.39 is 30.4 Å². The Kier molecular flexibility index (Phi) is 7.93. The Labute approximate surface area is 170 Å². The molecule has 3 rings (SSSR count). The maximum Gasteiger partial charge on any atom is 0.302 e. The van der Waals surface area contributed by atoms with E-state index in [4.69, 9.17) is 18.9 Å². The van der Waals surface area contributed by atoms with E-state index in [0.29, 0.717) is 13.2 Å². The van der Waals surface area contributed by atoms with Crippen LogP contribution in [0.25, 0.3) is 0 Å². The van der Waals surface area contributed by atoms with Gasteiger partial charge < -0.3 is 23.7 Å². The molecule has 0 saturated carbocycles. The van der Waals surface area contributed by atoms with Gasteiger partial charge in [-0.15, -0.1) is 0 Å². The van der Waals surface area contributed by atoms with Crippen molar-refractivity contribution in [2.24, 2.45) is 0 Å². The molecule has 0 radical (unpaired) electrons. The third-order valence-corrected chi connectivity index (χ3v) is 4.76. The first-order chi connectivity index (χ1) is 14.2. The fourth-order valence-corrected chi connectivity index (χ4v) is 3.36. The molecule has 2 aromatic rings. The molecule has 2 aromatic carbocycles. The maximum atomic E-state index is 11.3. The Morgan fingerprint density at radius 1 is 0.897 bits per heavy atom. The van der Waals surface area contributed by atoms with Crippen molar-refractivity contribution in [1.82, 2.24) is 0 Å². The molecule has 0 spiro atoms. The summed E-state index contributed by atoms with van der Waals surface area (Å²) in [5.74, 6) is -0.393. The normalized spacial score (nSPS) is 23.6. The zero-order valence-electron chi connectivity index (χ0n) is 16.4. The summed E-state index contributed by atoms with van der Waals surface area (Å²) in [4.78, 5) is 22.5. The number of hydrogen-bond acceptors (Lipinski definition) is 6. The molecule has 6 nitrogen and oxygen atoms in total. The number of rotatable bonds is 10. The van der Waals surface area contributed by atoms with Crippen molar-refractivity contribution >= 4 is 12.3 Å². The van der Waals surface area contributed by atoms with Gasteiger partial charge in [-0.2, -0.15) is 0 Å². The predicted octanol–water partition coefficient (Wildman–Crippen LogP) is 3.08.